The van der Waals surface area contributed by atoms with E-state index in [1.54, 1.807) is 14.2 Å². The maximum atomic E-state index is 5.82. The Labute approximate surface area is 81.8 Å². The van der Waals surface area contributed by atoms with Crippen molar-refractivity contribution in [3.05, 3.63) is 0 Å². The average molecular weight is 206 g/mol. The van der Waals surface area contributed by atoms with Gasteiger partial charge in [-0.25, -0.2) is 0 Å². The molecule has 0 aliphatic carbocycles. The van der Waals surface area contributed by atoms with Gasteiger partial charge in [-0.3, -0.25) is 0 Å². The second kappa shape index (κ2) is 5.07. The van der Waals surface area contributed by atoms with Crippen LogP contribution >= 0.6 is 0 Å². The third kappa shape index (κ3) is 4.73. The van der Waals surface area contributed by atoms with E-state index in [4.69, 9.17) is 20.3 Å². The van der Waals surface area contributed by atoms with Crippen LogP contribution in [0.25, 0.3) is 0 Å². The van der Waals surface area contributed by atoms with E-state index in [9.17, 15) is 0 Å². The van der Waals surface area contributed by atoms with Crippen molar-refractivity contribution in [3.63, 3.8) is 0 Å². The smallest absolute Gasteiger partial charge is 0.334 e. The van der Waals surface area contributed by atoms with Crippen molar-refractivity contribution in [2.75, 3.05) is 14.2 Å². The van der Waals surface area contributed by atoms with Crippen LogP contribution in [0.2, 0.25) is 12.6 Å². The third-order valence-corrected chi connectivity index (χ3v) is 5.45. The minimum absolute atomic E-state index is 0.578. The van der Waals surface area contributed by atoms with Gasteiger partial charge in [-0.2, -0.15) is 0 Å². The first-order valence-electron chi connectivity index (χ1n) is 4.57. The molecule has 0 atom stereocenters. The first-order valence-corrected chi connectivity index (χ1v) is 7.09. The zero-order valence-electron chi connectivity index (χ0n) is 9.09. The van der Waals surface area contributed by atoms with Gasteiger partial charge in [-0.1, -0.05) is 6.92 Å². The van der Waals surface area contributed by atoms with Gasteiger partial charge in [0.15, 0.2) is 0 Å². The van der Waals surface area contributed by atoms with Gasteiger partial charge < -0.3 is 20.3 Å². The molecule has 0 aromatic rings. The maximum absolute atomic E-state index is 5.82. The minimum atomic E-state index is -1.98. The van der Waals surface area contributed by atoms with Crippen LogP contribution in [0.3, 0.4) is 0 Å². The van der Waals surface area contributed by atoms with Gasteiger partial charge in [0.2, 0.25) is 0 Å². The predicted octanol–water partition coefficient (Wildman–Crippen LogP) is 0.765. The summed E-state index contributed by atoms with van der Waals surface area (Å²) in [5.41, 5.74) is 11.1. The average Bonchev–Trinajstić information content (AvgIpc) is 2.14. The summed E-state index contributed by atoms with van der Waals surface area (Å²) in [5.74, 6) is 0. The van der Waals surface area contributed by atoms with Crippen LogP contribution in [0.4, 0.5) is 0 Å². The molecule has 0 amide bonds. The molecular weight excluding hydrogens is 184 g/mol. The molecule has 0 fully saturated rings. The first kappa shape index (κ1) is 13.1. The lowest BCUT2D eigenvalue weighted by molar-refractivity contribution is 0.242. The van der Waals surface area contributed by atoms with Crippen LogP contribution in [0.1, 0.15) is 19.8 Å². The molecule has 0 aromatic carbocycles. The lowest BCUT2D eigenvalue weighted by atomic mass is 10.1. The van der Waals surface area contributed by atoms with Crippen molar-refractivity contribution in [3.8, 4) is 0 Å². The van der Waals surface area contributed by atoms with Crippen molar-refractivity contribution in [2.45, 2.75) is 38.0 Å². The van der Waals surface area contributed by atoms with Crippen LogP contribution in [0.15, 0.2) is 0 Å². The summed E-state index contributed by atoms with van der Waals surface area (Å²) < 4.78 is 10.7. The van der Waals surface area contributed by atoms with E-state index >= 15 is 0 Å². The monoisotopic (exact) mass is 206 g/mol. The van der Waals surface area contributed by atoms with Gasteiger partial charge in [0.05, 0.1) is 5.66 Å². The Morgan fingerprint density at radius 1 is 1.23 bits per heavy atom. The molecule has 13 heavy (non-hydrogen) atoms. The zero-order chi connectivity index (χ0) is 10.5. The molecular formula is C8H22N2O2Si. The number of hydrogen-bond acceptors (Lipinski definition) is 4. The number of nitrogens with two attached hydrogens (primary N) is 2. The van der Waals surface area contributed by atoms with Crippen LogP contribution < -0.4 is 11.5 Å². The van der Waals surface area contributed by atoms with E-state index in [-0.39, 0.29) is 0 Å². The molecule has 4 N–H and O–H groups in total. The summed E-state index contributed by atoms with van der Waals surface area (Å²) in [4.78, 5) is 0. The second-order valence-electron chi connectivity index (χ2n) is 3.63. The van der Waals surface area contributed by atoms with E-state index < -0.39 is 14.2 Å². The SMILES string of the molecule is CCC(N)(N)CC[Si](C)(OC)OC. The molecule has 0 rings (SSSR count). The topological polar surface area (TPSA) is 70.5 Å². The molecule has 0 radical (unpaired) electrons. The molecule has 0 saturated heterocycles. The van der Waals surface area contributed by atoms with Crippen molar-refractivity contribution < 1.29 is 8.85 Å². The molecule has 0 aliphatic heterocycles. The van der Waals surface area contributed by atoms with E-state index in [2.05, 4.69) is 0 Å². The van der Waals surface area contributed by atoms with Crippen LogP contribution in [-0.2, 0) is 8.85 Å². The van der Waals surface area contributed by atoms with Crippen LogP contribution in [-0.4, -0.2) is 28.4 Å². The highest BCUT2D eigenvalue weighted by molar-refractivity contribution is 6.65. The van der Waals surface area contributed by atoms with E-state index in [1.165, 1.54) is 0 Å². The zero-order valence-corrected chi connectivity index (χ0v) is 10.1. The standard InChI is InChI=1S/C8H22N2O2Si/c1-5-8(9,10)6-7-13(4,11-2)12-3/h5-7,9-10H2,1-4H3. The molecule has 0 aliphatic rings. The lowest BCUT2D eigenvalue weighted by Crippen LogP contribution is -2.50. The number of hydrogen-bond donors (Lipinski definition) is 2. The molecule has 4 nitrogen and oxygen atoms in total. The highest BCUT2D eigenvalue weighted by atomic mass is 28.4. The van der Waals surface area contributed by atoms with Gasteiger partial charge >= 0.3 is 8.56 Å². The normalized spacial score (nSPS) is 13.4. The highest BCUT2D eigenvalue weighted by Gasteiger charge is 2.31. The first-order chi connectivity index (χ1) is 5.89. The van der Waals surface area contributed by atoms with Gasteiger partial charge in [0.25, 0.3) is 0 Å². The van der Waals surface area contributed by atoms with Crippen molar-refractivity contribution >= 4 is 8.56 Å². The molecule has 80 valence electrons. The highest BCUT2D eigenvalue weighted by Crippen LogP contribution is 2.18. The predicted molar refractivity (Wildman–Crippen MR) is 56.5 cm³/mol. The summed E-state index contributed by atoms with van der Waals surface area (Å²) in [6.45, 7) is 4.00. The summed E-state index contributed by atoms with van der Waals surface area (Å²) in [6.07, 6.45) is 1.51. The molecule has 5 heteroatoms. The Morgan fingerprint density at radius 2 is 1.69 bits per heavy atom. The van der Waals surface area contributed by atoms with Crippen molar-refractivity contribution in [1.29, 1.82) is 0 Å². The van der Waals surface area contributed by atoms with Crippen LogP contribution in [0, 0.1) is 0 Å². The third-order valence-electron chi connectivity index (χ3n) is 2.57. The molecule has 0 aromatic heterocycles. The lowest BCUT2D eigenvalue weighted by Gasteiger charge is -2.28. The fraction of sp³-hybridized carbons (Fsp3) is 1.00. The summed E-state index contributed by atoms with van der Waals surface area (Å²) in [6, 6.07) is 0.834. The number of rotatable bonds is 6. The Hall–Kier alpha value is 0.0569. The largest absolute Gasteiger partial charge is 0.398 e. The van der Waals surface area contributed by atoms with Gasteiger partial charge in [0, 0.05) is 14.2 Å². The van der Waals surface area contributed by atoms with E-state index in [0.717, 1.165) is 18.9 Å². The van der Waals surface area contributed by atoms with Gasteiger partial charge in [-0.15, -0.1) is 0 Å². The molecule has 0 spiro atoms. The summed E-state index contributed by atoms with van der Waals surface area (Å²) in [5, 5.41) is 0. The molecule has 0 heterocycles. The van der Waals surface area contributed by atoms with Gasteiger partial charge in [0.1, 0.15) is 0 Å². The Kier molecular flexibility index (Phi) is 5.09. The van der Waals surface area contributed by atoms with Crippen molar-refractivity contribution in [2.24, 2.45) is 11.5 Å². The summed E-state index contributed by atoms with van der Waals surface area (Å²) >= 11 is 0. The molecule has 0 bridgehead atoms. The van der Waals surface area contributed by atoms with E-state index in [0.29, 0.717) is 0 Å². The fourth-order valence-corrected chi connectivity index (χ4v) is 2.42. The summed E-state index contributed by atoms with van der Waals surface area (Å²) in [7, 11) is 1.37. The van der Waals surface area contributed by atoms with Crippen LogP contribution in [0.5, 0.6) is 0 Å². The van der Waals surface area contributed by atoms with E-state index in [1.807, 2.05) is 13.5 Å². The molecule has 0 unspecified atom stereocenters. The Balaban J connectivity index is 3.99. The quantitative estimate of drug-likeness (QED) is 0.497. The molecule has 0 saturated carbocycles. The Bertz CT molecular complexity index is 149. The fourth-order valence-electron chi connectivity index (χ4n) is 0.924. The van der Waals surface area contributed by atoms with Gasteiger partial charge in [-0.05, 0) is 25.4 Å². The second-order valence-corrected chi connectivity index (χ2v) is 7.21. The minimum Gasteiger partial charge on any atom is -0.398 e. The Morgan fingerprint density at radius 3 is 2.00 bits per heavy atom. The van der Waals surface area contributed by atoms with Crippen molar-refractivity contribution in [1.82, 2.24) is 0 Å². The maximum Gasteiger partial charge on any atom is 0.334 e.